The minimum absolute atomic E-state index is 0.266. The van der Waals surface area contributed by atoms with Crippen LogP contribution in [0.25, 0.3) is 0 Å². The molecule has 0 radical (unpaired) electrons. The molecule has 106 valence electrons. The molecule has 2 aromatic carbocycles. The number of rotatable bonds is 4. The number of halogens is 1. The van der Waals surface area contributed by atoms with Gasteiger partial charge >= 0.3 is 0 Å². The standard InChI is InChI=1S/C17H19FOS/c1-11-6-12(2)8-14(7-11)10-20-17-5-4-15(13(3)19)9-16(17)18/h4-9,13,19H,10H2,1-3H3/t13-/m1/s1. The third-order valence-electron chi connectivity index (χ3n) is 3.11. The number of aliphatic hydroxyl groups is 1. The lowest BCUT2D eigenvalue weighted by Crippen LogP contribution is -1.93. The van der Waals surface area contributed by atoms with Crippen LogP contribution in [0, 0.1) is 19.7 Å². The van der Waals surface area contributed by atoms with Gasteiger partial charge < -0.3 is 5.11 Å². The van der Waals surface area contributed by atoms with Crippen molar-refractivity contribution in [2.75, 3.05) is 0 Å². The van der Waals surface area contributed by atoms with Crippen LogP contribution in [0.1, 0.15) is 35.3 Å². The van der Waals surface area contributed by atoms with Gasteiger partial charge in [-0.3, -0.25) is 0 Å². The molecule has 0 bridgehead atoms. The van der Waals surface area contributed by atoms with Crippen molar-refractivity contribution in [3.05, 3.63) is 64.5 Å². The molecular weight excluding hydrogens is 271 g/mol. The summed E-state index contributed by atoms with van der Waals surface area (Å²) in [5.41, 5.74) is 4.26. The molecule has 1 nitrogen and oxygen atoms in total. The van der Waals surface area contributed by atoms with Gasteiger partial charge in [0.1, 0.15) is 5.82 Å². The molecule has 1 N–H and O–H groups in total. The quantitative estimate of drug-likeness (QED) is 0.817. The zero-order chi connectivity index (χ0) is 14.7. The summed E-state index contributed by atoms with van der Waals surface area (Å²) < 4.78 is 13.9. The Morgan fingerprint density at radius 2 is 1.75 bits per heavy atom. The number of hydrogen-bond acceptors (Lipinski definition) is 2. The Balaban J connectivity index is 2.11. The van der Waals surface area contributed by atoms with E-state index in [2.05, 4.69) is 32.0 Å². The normalized spacial score (nSPS) is 12.4. The van der Waals surface area contributed by atoms with Crippen LogP contribution in [-0.4, -0.2) is 5.11 Å². The van der Waals surface area contributed by atoms with Crippen molar-refractivity contribution in [1.82, 2.24) is 0 Å². The van der Waals surface area contributed by atoms with Gasteiger partial charge in [-0.05, 0) is 44.0 Å². The zero-order valence-electron chi connectivity index (χ0n) is 12.0. The lowest BCUT2D eigenvalue weighted by atomic mass is 10.1. The highest BCUT2D eigenvalue weighted by atomic mass is 32.2. The van der Waals surface area contributed by atoms with E-state index in [-0.39, 0.29) is 5.82 Å². The zero-order valence-corrected chi connectivity index (χ0v) is 12.8. The molecule has 0 unspecified atom stereocenters. The van der Waals surface area contributed by atoms with Crippen LogP contribution in [-0.2, 0) is 5.75 Å². The van der Waals surface area contributed by atoms with Gasteiger partial charge in [-0.15, -0.1) is 11.8 Å². The summed E-state index contributed by atoms with van der Waals surface area (Å²) in [6.07, 6.45) is -0.636. The van der Waals surface area contributed by atoms with Gasteiger partial charge in [0.25, 0.3) is 0 Å². The fourth-order valence-corrected chi connectivity index (χ4v) is 3.06. The fourth-order valence-electron chi connectivity index (χ4n) is 2.21. The summed E-state index contributed by atoms with van der Waals surface area (Å²) >= 11 is 1.48. The predicted octanol–water partition coefficient (Wildman–Crippen LogP) is 4.79. The van der Waals surface area contributed by atoms with Crippen molar-refractivity contribution in [2.24, 2.45) is 0 Å². The third-order valence-corrected chi connectivity index (χ3v) is 4.23. The smallest absolute Gasteiger partial charge is 0.137 e. The van der Waals surface area contributed by atoms with Crippen LogP contribution in [0.3, 0.4) is 0 Å². The second-order valence-corrected chi connectivity index (χ2v) is 6.17. The van der Waals surface area contributed by atoms with Crippen molar-refractivity contribution in [3.8, 4) is 0 Å². The lowest BCUT2D eigenvalue weighted by Gasteiger charge is -2.09. The number of aliphatic hydroxyl groups excluding tert-OH is 1. The summed E-state index contributed by atoms with van der Waals surface area (Å²) in [5.74, 6) is 0.478. The monoisotopic (exact) mass is 290 g/mol. The number of benzene rings is 2. The summed E-state index contributed by atoms with van der Waals surface area (Å²) in [6.45, 7) is 5.77. The van der Waals surface area contributed by atoms with Crippen molar-refractivity contribution in [2.45, 2.75) is 37.5 Å². The molecule has 0 saturated heterocycles. The first-order valence-electron chi connectivity index (χ1n) is 6.63. The molecule has 0 fully saturated rings. The van der Waals surface area contributed by atoms with E-state index in [9.17, 15) is 9.50 Å². The molecule has 1 atom stereocenters. The maximum absolute atomic E-state index is 13.9. The molecule has 0 saturated carbocycles. The van der Waals surface area contributed by atoms with Crippen molar-refractivity contribution in [3.63, 3.8) is 0 Å². The SMILES string of the molecule is Cc1cc(C)cc(CSc2ccc([C@@H](C)O)cc2F)c1. The van der Waals surface area contributed by atoms with Crippen LogP contribution in [0.15, 0.2) is 41.3 Å². The average molecular weight is 290 g/mol. The highest BCUT2D eigenvalue weighted by molar-refractivity contribution is 7.98. The van der Waals surface area contributed by atoms with Crippen LogP contribution >= 0.6 is 11.8 Å². The molecule has 0 spiro atoms. The first-order valence-corrected chi connectivity index (χ1v) is 7.62. The van der Waals surface area contributed by atoms with E-state index in [1.165, 1.54) is 34.5 Å². The Morgan fingerprint density at radius 3 is 2.30 bits per heavy atom. The van der Waals surface area contributed by atoms with Gasteiger partial charge in [0.15, 0.2) is 0 Å². The van der Waals surface area contributed by atoms with E-state index in [1.807, 2.05) is 0 Å². The Kier molecular flexibility index (Phi) is 4.84. The number of hydrogen-bond donors (Lipinski definition) is 1. The van der Waals surface area contributed by atoms with Gasteiger partial charge in [-0.2, -0.15) is 0 Å². The summed E-state index contributed by atoms with van der Waals surface area (Å²) in [6, 6.07) is 11.3. The average Bonchev–Trinajstić information content (AvgIpc) is 2.36. The van der Waals surface area contributed by atoms with E-state index in [0.717, 1.165) is 5.75 Å². The van der Waals surface area contributed by atoms with Crippen LogP contribution in [0.4, 0.5) is 4.39 Å². The number of thioether (sulfide) groups is 1. The molecule has 0 aromatic heterocycles. The van der Waals surface area contributed by atoms with Crippen molar-refractivity contribution in [1.29, 1.82) is 0 Å². The summed E-state index contributed by atoms with van der Waals surface area (Å²) in [7, 11) is 0. The molecule has 2 aromatic rings. The second-order valence-electron chi connectivity index (χ2n) is 5.15. The van der Waals surface area contributed by atoms with Gasteiger partial charge in [0, 0.05) is 10.6 Å². The Bertz CT molecular complexity index is 588. The first kappa shape index (κ1) is 15.1. The molecule has 0 aliphatic carbocycles. The molecule has 3 heteroatoms. The van der Waals surface area contributed by atoms with Gasteiger partial charge in [-0.25, -0.2) is 4.39 Å². The minimum atomic E-state index is -0.636. The van der Waals surface area contributed by atoms with Gasteiger partial charge in [0.2, 0.25) is 0 Å². The number of aryl methyl sites for hydroxylation is 2. The Hall–Kier alpha value is -1.32. The predicted molar refractivity (Wildman–Crippen MR) is 82.5 cm³/mol. The van der Waals surface area contributed by atoms with E-state index < -0.39 is 6.10 Å². The van der Waals surface area contributed by atoms with E-state index >= 15 is 0 Å². The third kappa shape index (κ3) is 3.84. The summed E-state index contributed by atoms with van der Waals surface area (Å²) in [4.78, 5) is 0.619. The molecule has 20 heavy (non-hydrogen) atoms. The van der Waals surface area contributed by atoms with Crippen LogP contribution in [0.2, 0.25) is 0 Å². The van der Waals surface area contributed by atoms with Crippen molar-refractivity contribution < 1.29 is 9.50 Å². The molecular formula is C17H19FOS. The first-order chi connectivity index (χ1) is 9.45. The minimum Gasteiger partial charge on any atom is -0.389 e. The molecule has 0 amide bonds. The maximum atomic E-state index is 13.9. The van der Waals surface area contributed by atoms with Gasteiger partial charge in [0.05, 0.1) is 6.10 Å². The van der Waals surface area contributed by atoms with Gasteiger partial charge in [-0.1, -0.05) is 35.4 Å². The Labute approximate surface area is 123 Å². The molecule has 2 rings (SSSR count). The van der Waals surface area contributed by atoms with E-state index in [1.54, 1.807) is 19.1 Å². The van der Waals surface area contributed by atoms with Crippen molar-refractivity contribution >= 4 is 11.8 Å². The maximum Gasteiger partial charge on any atom is 0.137 e. The topological polar surface area (TPSA) is 20.2 Å². The van der Waals surface area contributed by atoms with Crippen LogP contribution in [0.5, 0.6) is 0 Å². The highest BCUT2D eigenvalue weighted by Gasteiger charge is 2.08. The fraction of sp³-hybridized carbons (Fsp3) is 0.294. The highest BCUT2D eigenvalue weighted by Crippen LogP contribution is 2.28. The lowest BCUT2D eigenvalue weighted by molar-refractivity contribution is 0.198. The summed E-state index contributed by atoms with van der Waals surface area (Å²) in [5, 5.41) is 9.43. The van der Waals surface area contributed by atoms with E-state index in [4.69, 9.17) is 0 Å². The largest absolute Gasteiger partial charge is 0.389 e. The molecule has 0 aliphatic rings. The molecule has 0 aliphatic heterocycles. The van der Waals surface area contributed by atoms with Crippen LogP contribution < -0.4 is 0 Å². The second kappa shape index (κ2) is 6.42. The van der Waals surface area contributed by atoms with E-state index in [0.29, 0.717) is 10.5 Å². The molecule has 0 heterocycles. The Morgan fingerprint density at radius 1 is 1.10 bits per heavy atom.